The second-order valence-electron chi connectivity index (χ2n) is 3.94. The van der Waals surface area contributed by atoms with Crippen LogP contribution in [0.5, 0.6) is 0 Å². The Morgan fingerprint density at radius 2 is 2.32 bits per heavy atom. The van der Waals surface area contributed by atoms with Crippen molar-refractivity contribution in [2.75, 3.05) is 0 Å². The number of non-ortho nitro benzene ring substituents is 1. The maximum Gasteiger partial charge on any atom is 0.271 e. The molecular formula is C12H11N5O2. The molecule has 7 heteroatoms. The van der Waals surface area contributed by atoms with E-state index in [9.17, 15) is 10.1 Å². The zero-order valence-corrected chi connectivity index (χ0v) is 10.3. The first-order valence-electron chi connectivity index (χ1n) is 5.77. The number of nitro benzene ring substituents is 1. The van der Waals surface area contributed by atoms with Gasteiger partial charge in [0.1, 0.15) is 6.07 Å². The van der Waals surface area contributed by atoms with E-state index >= 15 is 0 Å². The molecule has 1 aromatic heterocycles. The fraction of sp³-hybridized carbons (Fsp3) is 0.250. The maximum absolute atomic E-state index is 10.8. The van der Waals surface area contributed by atoms with E-state index in [1.54, 1.807) is 12.1 Å². The first-order valence-corrected chi connectivity index (χ1v) is 5.77. The zero-order chi connectivity index (χ0) is 13.8. The minimum absolute atomic E-state index is 0.0195. The van der Waals surface area contributed by atoms with Crippen LogP contribution in [0.25, 0.3) is 5.69 Å². The van der Waals surface area contributed by atoms with Crippen molar-refractivity contribution >= 4 is 5.69 Å². The summed E-state index contributed by atoms with van der Waals surface area (Å²) in [6, 6.07) is 8.08. The van der Waals surface area contributed by atoms with Gasteiger partial charge < -0.3 is 0 Å². The van der Waals surface area contributed by atoms with E-state index in [0.29, 0.717) is 17.8 Å². The van der Waals surface area contributed by atoms with E-state index in [1.807, 2.05) is 13.0 Å². The molecule has 0 aliphatic heterocycles. The van der Waals surface area contributed by atoms with Gasteiger partial charge in [-0.2, -0.15) is 5.26 Å². The van der Waals surface area contributed by atoms with Crippen molar-refractivity contribution in [3.05, 3.63) is 45.8 Å². The highest BCUT2D eigenvalue weighted by atomic mass is 16.6. The van der Waals surface area contributed by atoms with Gasteiger partial charge in [0.25, 0.3) is 5.69 Å². The third-order valence-electron chi connectivity index (χ3n) is 2.64. The molecule has 0 radical (unpaired) electrons. The van der Waals surface area contributed by atoms with Crippen molar-refractivity contribution in [2.24, 2.45) is 0 Å². The van der Waals surface area contributed by atoms with Gasteiger partial charge in [-0.3, -0.25) is 10.1 Å². The van der Waals surface area contributed by atoms with E-state index in [2.05, 4.69) is 10.3 Å². The molecule has 19 heavy (non-hydrogen) atoms. The Bertz CT molecular complexity index is 656. The zero-order valence-electron chi connectivity index (χ0n) is 10.3. The van der Waals surface area contributed by atoms with Crippen molar-refractivity contribution in [3.8, 4) is 11.8 Å². The lowest BCUT2D eigenvalue weighted by Gasteiger charge is -2.05. The summed E-state index contributed by atoms with van der Waals surface area (Å²) < 4.78 is 1.48. The standard InChI is InChI=1S/C12H11N5O2/c1-2-4-12-11(8-13)14-15-16(12)9-5-3-6-10(7-9)17(18)19/h3,5-7H,2,4H2,1H3. The first-order chi connectivity index (χ1) is 9.17. The van der Waals surface area contributed by atoms with Gasteiger partial charge >= 0.3 is 0 Å². The number of aromatic nitrogens is 3. The Labute approximate surface area is 109 Å². The minimum atomic E-state index is -0.467. The predicted octanol–water partition coefficient (Wildman–Crippen LogP) is 2.00. The molecule has 0 aliphatic rings. The molecule has 0 saturated carbocycles. The van der Waals surface area contributed by atoms with Crippen LogP contribution in [-0.4, -0.2) is 19.9 Å². The second kappa shape index (κ2) is 5.27. The van der Waals surface area contributed by atoms with Gasteiger partial charge in [0.05, 0.1) is 16.3 Å². The summed E-state index contributed by atoms with van der Waals surface area (Å²) in [5.41, 5.74) is 1.44. The SMILES string of the molecule is CCCc1c(C#N)nnn1-c1cccc([N+](=O)[O-])c1. The second-order valence-corrected chi connectivity index (χ2v) is 3.94. The Hall–Kier alpha value is -2.75. The van der Waals surface area contributed by atoms with Gasteiger partial charge in [-0.25, -0.2) is 4.68 Å². The van der Waals surface area contributed by atoms with Crippen LogP contribution in [-0.2, 0) is 6.42 Å². The fourth-order valence-electron chi connectivity index (χ4n) is 1.80. The average molecular weight is 257 g/mol. The molecule has 0 spiro atoms. The summed E-state index contributed by atoms with van der Waals surface area (Å²) in [4.78, 5) is 10.3. The Balaban J connectivity index is 2.53. The molecule has 1 aromatic carbocycles. The van der Waals surface area contributed by atoms with E-state index in [-0.39, 0.29) is 11.4 Å². The van der Waals surface area contributed by atoms with Gasteiger partial charge in [0, 0.05) is 12.1 Å². The van der Waals surface area contributed by atoms with Gasteiger partial charge in [-0.1, -0.05) is 24.6 Å². The van der Waals surface area contributed by atoms with Crippen LogP contribution in [0, 0.1) is 21.4 Å². The Kier molecular flexibility index (Phi) is 3.52. The first kappa shape index (κ1) is 12.7. The highest BCUT2D eigenvalue weighted by Gasteiger charge is 2.15. The molecule has 2 aromatic rings. The smallest absolute Gasteiger partial charge is 0.258 e. The summed E-state index contributed by atoms with van der Waals surface area (Å²) in [5.74, 6) is 0. The van der Waals surface area contributed by atoms with Gasteiger partial charge in [0.2, 0.25) is 0 Å². The summed E-state index contributed by atoms with van der Waals surface area (Å²) in [7, 11) is 0. The topological polar surface area (TPSA) is 97.6 Å². The highest BCUT2D eigenvalue weighted by Crippen LogP contribution is 2.19. The maximum atomic E-state index is 10.8. The van der Waals surface area contributed by atoms with Crippen LogP contribution < -0.4 is 0 Å². The number of benzene rings is 1. The van der Waals surface area contributed by atoms with Crippen molar-refractivity contribution in [2.45, 2.75) is 19.8 Å². The third kappa shape index (κ3) is 2.42. The third-order valence-corrected chi connectivity index (χ3v) is 2.64. The number of hydrogen-bond donors (Lipinski definition) is 0. The van der Waals surface area contributed by atoms with Crippen LogP contribution in [0.2, 0.25) is 0 Å². The number of hydrogen-bond acceptors (Lipinski definition) is 5. The number of rotatable bonds is 4. The fourth-order valence-corrected chi connectivity index (χ4v) is 1.80. The summed E-state index contributed by atoms with van der Waals surface area (Å²) in [5, 5.41) is 27.4. The largest absolute Gasteiger partial charge is 0.271 e. The molecule has 0 unspecified atom stereocenters. The molecule has 0 aliphatic carbocycles. The molecule has 0 bridgehead atoms. The van der Waals surface area contributed by atoms with Crippen LogP contribution in [0.4, 0.5) is 5.69 Å². The Morgan fingerprint density at radius 1 is 1.53 bits per heavy atom. The molecule has 7 nitrogen and oxygen atoms in total. The Morgan fingerprint density at radius 3 is 2.95 bits per heavy atom. The molecule has 96 valence electrons. The normalized spacial score (nSPS) is 10.1. The van der Waals surface area contributed by atoms with E-state index < -0.39 is 4.92 Å². The summed E-state index contributed by atoms with van der Waals surface area (Å²) in [6.07, 6.45) is 1.47. The highest BCUT2D eigenvalue weighted by molar-refractivity contribution is 5.44. The predicted molar refractivity (Wildman–Crippen MR) is 66.7 cm³/mol. The minimum Gasteiger partial charge on any atom is -0.258 e. The lowest BCUT2D eigenvalue weighted by atomic mass is 10.2. The quantitative estimate of drug-likeness (QED) is 0.616. The molecule has 0 fully saturated rings. The summed E-state index contributed by atoms with van der Waals surface area (Å²) in [6.45, 7) is 1.98. The summed E-state index contributed by atoms with van der Waals surface area (Å²) >= 11 is 0. The average Bonchev–Trinajstić information content (AvgIpc) is 2.82. The molecule has 0 atom stereocenters. The van der Waals surface area contributed by atoms with Crippen molar-refractivity contribution in [1.29, 1.82) is 5.26 Å². The van der Waals surface area contributed by atoms with Gasteiger partial charge in [-0.15, -0.1) is 5.10 Å². The van der Waals surface area contributed by atoms with E-state index in [4.69, 9.17) is 5.26 Å². The molecule has 0 N–H and O–H groups in total. The van der Waals surface area contributed by atoms with E-state index in [1.165, 1.54) is 16.8 Å². The van der Waals surface area contributed by atoms with Gasteiger partial charge in [0.15, 0.2) is 5.69 Å². The van der Waals surface area contributed by atoms with Crippen LogP contribution in [0.3, 0.4) is 0 Å². The number of nitro groups is 1. The van der Waals surface area contributed by atoms with Crippen LogP contribution in [0.15, 0.2) is 24.3 Å². The van der Waals surface area contributed by atoms with Crippen molar-refractivity contribution in [3.63, 3.8) is 0 Å². The number of nitriles is 1. The van der Waals surface area contributed by atoms with E-state index in [0.717, 1.165) is 6.42 Å². The van der Waals surface area contributed by atoms with Crippen LogP contribution in [0.1, 0.15) is 24.7 Å². The van der Waals surface area contributed by atoms with Gasteiger partial charge in [-0.05, 0) is 12.5 Å². The van der Waals surface area contributed by atoms with Crippen molar-refractivity contribution in [1.82, 2.24) is 15.0 Å². The molecule has 0 amide bonds. The molecule has 0 saturated heterocycles. The lowest BCUT2D eigenvalue weighted by Crippen LogP contribution is -2.03. The lowest BCUT2D eigenvalue weighted by molar-refractivity contribution is -0.384. The monoisotopic (exact) mass is 257 g/mol. The molecule has 1 heterocycles. The molecular weight excluding hydrogens is 246 g/mol. The molecule has 2 rings (SSSR count). The number of nitrogens with zero attached hydrogens (tertiary/aromatic N) is 5. The van der Waals surface area contributed by atoms with Crippen LogP contribution >= 0.6 is 0 Å². The van der Waals surface area contributed by atoms with Crippen molar-refractivity contribution < 1.29 is 4.92 Å².